The molecule has 0 unspecified atom stereocenters. The van der Waals surface area contributed by atoms with Crippen molar-refractivity contribution in [2.45, 2.75) is 33.2 Å². The number of pyridine rings is 1. The summed E-state index contributed by atoms with van der Waals surface area (Å²) in [6, 6.07) is 8.29. The van der Waals surface area contributed by atoms with Crippen molar-refractivity contribution in [3.05, 3.63) is 54.0 Å². The first-order chi connectivity index (χ1) is 14.8. The molecule has 7 heteroatoms. The van der Waals surface area contributed by atoms with Crippen molar-refractivity contribution in [1.82, 2.24) is 19.7 Å². The highest BCUT2D eigenvalue weighted by molar-refractivity contribution is 6.10. The first-order valence-corrected chi connectivity index (χ1v) is 10.5. The normalized spacial score (nSPS) is 17.6. The van der Waals surface area contributed by atoms with Gasteiger partial charge >= 0.3 is 0 Å². The molecule has 2 N–H and O–H groups in total. The van der Waals surface area contributed by atoms with Crippen LogP contribution in [-0.4, -0.2) is 50.4 Å². The lowest BCUT2D eigenvalue weighted by Gasteiger charge is -2.30. The van der Waals surface area contributed by atoms with Gasteiger partial charge in [0, 0.05) is 85.4 Å². The van der Waals surface area contributed by atoms with Crippen LogP contribution in [0.2, 0.25) is 0 Å². The number of nitrogens with zero attached hydrogens (tertiary/aromatic N) is 5. The highest BCUT2D eigenvalue weighted by atomic mass is 16.2. The highest BCUT2D eigenvalue weighted by Crippen LogP contribution is 2.29. The number of benzene rings is 1. The molecule has 1 saturated heterocycles. The minimum Gasteiger partial charge on any atom is -0.398 e. The summed E-state index contributed by atoms with van der Waals surface area (Å²) in [5, 5.41) is 6.27. The molecule has 1 aromatic carbocycles. The lowest BCUT2D eigenvalue weighted by molar-refractivity contribution is -0.128. The van der Waals surface area contributed by atoms with Crippen LogP contribution in [0.4, 0.5) is 0 Å². The Morgan fingerprint density at radius 3 is 2.74 bits per heavy atom. The van der Waals surface area contributed by atoms with E-state index in [2.05, 4.69) is 36.1 Å². The lowest BCUT2D eigenvalue weighted by atomic mass is 9.94. The van der Waals surface area contributed by atoms with Gasteiger partial charge in [0.1, 0.15) is 0 Å². The van der Waals surface area contributed by atoms with E-state index in [1.165, 1.54) is 0 Å². The van der Waals surface area contributed by atoms with Crippen LogP contribution in [0.3, 0.4) is 0 Å². The van der Waals surface area contributed by atoms with Gasteiger partial charge in [0.05, 0.1) is 11.9 Å². The third kappa shape index (κ3) is 4.21. The van der Waals surface area contributed by atoms with E-state index in [1.54, 1.807) is 17.8 Å². The van der Waals surface area contributed by atoms with Gasteiger partial charge in [0.25, 0.3) is 0 Å². The molecule has 0 saturated carbocycles. The van der Waals surface area contributed by atoms with Crippen molar-refractivity contribution in [2.24, 2.45) is 17.8 Å². The third-order valence-electron chi connectivity index (χ3n) is 5.56. The molecule has 1 aliphatic heterocycles. The second-order valence-corrected chi connectivity index (χ2v) is 8.25. The molecular weight excluding hydrogens is 388 g/mol. The summed E-state index contributed by atoms with van der Waals surface area (Å²) in [5.41, 5.74) is 12.1. The number of rotatable bonds is 3. The zero-order valence-corrected chi connectivity index (χ0v) is 18.5. The fraction of sp³-hybridized carbons (Fsp3) is 0.333. The molecule has 3 aromatic rings. The van der Waals surface area contributed by atoms with Gasteiger partial charge in [0.15, 0.2) is 0 Å². The molecule has 3 heterocycles. The largest absolute Gasteiger partial charge is 0.398 e. The van der Waals surface area contributed by atoms with E-state index < -0.39 is 0 Å². The number of piperidine rings is 1. The Hall–Kier alpha value is -3.48. The Kier molecular flexibility index (Phi) is 5.59. The van der Waals surface area contributed by atoms with Gasteiger partial charge in [-0.3, -0.25) is 19.5 Å². The monoisotopic (exact) mass is 416 g/mol. The number of likely N-dealkylation sites (tertiary alicyclic amines) is 1. The number of amides is 1. The number of fused-ring (bicyclic) bond motifs is 1. The third-order valence-corrected chi connectivity index (χ3v) is 5.56. The smallest absolute Gasteiger partial charge is 0.219 e. The van der Waals surface area contributed by atoms with Crippen molar-refractivity contribution >= 4 is 28.1 Å². The Labute approximate surface area is 182 Å². The Bertz CT molecular complexity index is 1200. The number of hydrogen-bond acceptors (Lipinski definition) is 5. The first-order valence-electron chi connectivity index (χ1n) is 10.5. The Balaban J connectivity index is 1.83. The molecule has 0 aliphatic carbocycles. The zero-order chi connectivity index (χ0) is 22.1. The van der Waals surface area contributed by atoms with E-state index in [0.717, 1.165) is 38.9 Å². The summed E-state index contributed by atoms with van der Waals surface area (Å²) in [6.07, 6.45) is 6.33. The van der Waals surface area contributed by atoms with Crippen LogP contribution in [0.5, 0.6) is 0 Å². The maximum absolute atomic E-state index is 12.0. The van der Waals surface area contributed by atoms with Crippen LogP contribution in [0.25, 0.3) is 27.7 Å². The van der Waals surface area contributed by atoms with Crippen LogP contribution in [0, 0.1) is 0 Å². The predicted molar refractivity (Wildman–Crippen MR) is 124 cm³/mol. The number of carbonyl (C=O) groups is 1. The summed E-state index contributed by atoms with van der Waals surface area (Å²) in [4.78, 5) is 23.3. The van der Waals surface area contributed by atoms with Gasteiger partial charge in [-0.25, -0.2) is 0 Å². The van der Waals surface area contributed by atoms with E-state index in [0.29, 0.717) is 25.2 Å². The fourth-order valence-electron chi connectivity index (χ4n) is 4.00. The molecule has 160 valence electrons. The van der Waals surface area contributed by atoms with Crippen LogP contribution < -0.4 is 5.73 Å². The predicted octanol–water partition coefficient (Wildman–Crippen LogP) is 3.41. The van der Waals surface area contributed by atoms with Gasteiger partial charge in [-0.1, -0.05) is 18.2 Å². The zero-order valence-electron chi connectivity index (χ0n) is 18.5. The van der Waals surface area contributed by atoms with Gasteiger partial charge < -0.3 is 10.6 Å². The van der Waals surface area contributed by atoms with Crippen molar-refractivity contribution in [3.8, 4) is 11.3 Å². The number of nitrogens with two attached hydrogens (primary N) is 1. The van der Waals surface area contributed by atoms with Gasteiger partial charge in [-0.05, 0) is 25.3 Å². The second-order valence-electron chi connectivity index (χ2n) is 8.25. The topological polar surface area (TPSA) is 89.4 Å². The summed E-state index contributed by atoms with van der Waals surface area (Å²) in [6.45, 7) is 6.85. The van der Waals surface area contributed by atoms with Crippen molar-refractivity contribution in [2.75, 3.05) is 13.1 Å². The SMILES string of the molecule is CC(=O)N1CCC(=NC(C)C)/C(=C(\N)c2cccc3cc(-c4cnn(C)c4)ncc23)C1. The van der Waals surface area contributed by atoms with Crippen LogP contribution in [-0.2, 0) is 11.8 Å². The number of carbonyl (C=O) groups excluding carboxylic acids is 1. The molecule has 1 aliphatic rings. The minimum absolute atomic E-state index is 0.0506. The molecule has 0 radical (unpaired) electrons. The average Bonchev–Trinajstić information content (AvgIpc) is 3.18. The van der Waals surface area contributed by atoms with Gasteiger partial charge in [-0.15, -0.1) is 0 Å². The lowest BCUT2D eigenvalue weighted by Crippen LogP contribution is -2.40. The summed E-state index contributed by atoms with van der Waals surface area (Å²) >= 11 is 0. The van der Waals surface area contributed by atoms with Crippen molar-refractivity contribution < 1.29 is 4.79 Å². The molecule has 1 fully saturated rings. The van der Waals surface area contributed by atoms with E-state index in [9.17, 15) is 4.79 Å². The number of hydrogen-bond donors (Lipinski definition) is 1. The van der Waals surface area contributed by atoms with Gasteiger partial charge in [-0.2, -0.15) is 5.10 Å². The average molecular weight is 417 g/mol. The summed E-state index contributed by atoms with van der Waals surface area (Å²) in [7, 11) is 1.89. The molecule has 0 atom stereocenters. The molecule has 2 aromatic heterocycles. The molecule has 4 rings (SSSR count). The maximum atomic E-state index is 12.0. The standard InChI is InChI=1S/C24H28N6O/c1-15(2)28-22-8-9-30(16(3)31)14-21(22)24(25)19-7-5-6-17-10-23(26-12-20(17)19)18-11-27-29(4)13-18/h5-7,10-13,15H,8-9,14,25H2,1-4H3/b24-21-,28-22?. The Morgan fingerprint density at radius 2 is 2.06 bits per heavy atom. The number of aryl methyl sites for hydroxylation is 1. The highest BCUT2D eigenvalue weighted by Gasteiger charge is 2.25. The van der Waals surface area contributed by atoms with Crippen LogP contribution >= 0.6 is 0 Å². The number of aliphatic imine (C=N–C) groups is 1. The van der Waals surface area contributed by atoms with Gasteiger partial charge in [0.2, 0.25) is 5.91 Å². The quantitative estimate of drug-likeness (QED) is 0.709. The molecule has 31 heavy (non-hydrogen) atoms. The van der Waals surface area contributed by atoms with Crippen molar-refractivity contribution in [1.29, 1.82) is 0 Å². The first kappa shape index (κ1) is 20.8. The number of aromatic nitrogens is 3. The fourth-order valence-corrected chi connectivity index (χ4v) is 4.00. The molecular formula is C24H28N6O. The van der Waals surface area contributed by atoms with E-state index >= 15 is 0 Å². The van der Waals surface area contributed by atoms with Crippen LogP contribution in [0.15, 0.2) is 53.4 Å². The summed E-state index contributed by atoms with van der Waals surface area (Å²) in [5.74, 6) is 0.0506. The molecule has 0 bridgehead atoms. The van der Waals surface area contributed by atoms with Crippen molar-refractivity contribution in [3.63, 3.8) is 0 Å². The van der Waals surface area contributed by atoms with Crippen LogP contribution in [0.1, 0.15) is 32.8 Å². The summed E-state index contributed by atoms with van der Waals surface area (Å²) < 4.78 is 1.76. The Morgan fingerprint density at radius 1 is 1.26 bits per heavy atom. The second kappa shape index (κ2) is 8.34. The maximum Gasteiger partial charge on any atom is 0.219 e. The van der Waals surface area contributed by atoms with E-state index in [-0.39, 0.29) is 11.9 Å². The molecule has 0 spiro atoms. The molecule has 1 amide bonds. The van der Waals surface area contributed by atoms with E-state index in [4.69, 9.17) is 10.7 Å². The van der Waals surface area contributed by atoms with E-state index in [1.807, 2.05) is 36.5 Å². The minimum atomic E-state index is 0.0506. The molecule has 7 nitrogen and oxygen atoms in total.